The maximum absolute atomic E-state index is 11.9. The zero-order valence-corrected chi connectivity index (χ0v) is 13.8. The average molecular weight is 305 g/mol. The Balaban J connectivity index is 1.88. The fourth-order valence-electron chi connectivity index (χ4n) is 2.69. The molecule has 1 amide bonds. The number of nitrogens with one attached hydrogen (secondary N) is 1. The van der Waals surface area contributed by atoms with Crippen molar-refractivity contribution >= 4 is 11.6 Å². The number of hydrogen-bond acceptors (Lipinski definition) is 4. The topological polar surface area (TPSA) is 44.8 Å². The van der Waals surface area contributed by atoms with Gasteiger partial charge < -0.3 is 15.0 Å². The quantitative estimate of drug-likeness (QED) is 0.811. The Morgan fingerprint density at radius 2 is 1.82 bits per heavy atom. The summed E-state index contributed by atoms with van der Waals surface area (Å²) in [6.07, 6.45) is 0. The van der Waals surface area contributed by atoms with E-state index < -0.39 is 0 Å². The Bertz CT molecular complexity index is 465. The van der Waals surface area contributed by atoms with E-state index in [1.54, 1.807) is 7.11 Å². The number of nitrogens with zero attached hydrogens (tertiary/aromatic N) is 2. The molecule has 1 aromatic rings. The second-order valence-electron chi connectivity index (χ2n) is 5.91. The number of carbonyl (C=O) groups is 1. The molecule has 5 nitrogen and oxygen atoms in total. The molecule has 1 aromatic carbocycles. The zero-order chi connectivity index (χ0) is 15.9. The van der Waals surface area contributed by atoms with Crippen LogP contribution in [0.2, 0.25) is 0 Å². The van der Waals surface area contributed by atoms with Crippen LogP contribution in [0.25, 0.3) is 0 Å². The maximum atomic E-state index is 11.9. The first kappa shape index (κ1) is 16.8. The smallest absolute Gasteiger partial charge is 0.251 e. The Morgan fingerprint density at radius 1 is 1.18 bits per heavy atom. The molecule has 122 valence electrons. The highest BCUT2D eigenvalue weighted by molar-refractivity contribution is 5.94. The number of hydrogen-bond donors (Lipinski definition) is 1. The Morgan fingerprint density at radius 3 is 2.36 bits per heavy atom. The van der Waals surface area contributed by atoms with Gasteiger partial charge in [-0.15, -0.1) is 0 Å². The summed E-state index contributed by atoms with van der Waals surface area (Å²) in [5, 5.41) is 2.83. The van der Waals surface area contributed by atoms with E-state index in [1.165, 1.54) is 5.69 Å². The molecule has 22 heavy (non-hydrogen) atoms. The number of benzene rings is 1. The van der Waals surface area contributed by atoms with Crippen LogP contribution in [0.15, 0.2) is 24.3 Å². The minimum Gasteiger partial charge on any atom is -0.383 e. The number of rotatable bonds is 6. The van der Waals surface area contributed by atoms with Crippen LogP contribution in [0.1, 0.15) is 24.2 Å². The molecule has 0 aromatic heterocycles. The lowest BCUT2D eigenvalue weighted by atomic mass is 10.1. The van der Waals surface area contributed by atoms with E-state index >= 15 is 0 Å². The van der Waals surface area contributed by atoms with Crippen LogP contribution < -0.4 is 10.2 Å². The number of amides is 1. The van der Waals surface area contributed by atoms with Crippen molar-refractivity contribution in [2.75, 3.05) is 51.3 Å². The van der Waals surface area contributed by atoms with E-state index in [1.807, 2.05) is 24.3 Å². The third-order valence-electron chi connectivity index (χ3n) is 4.13. The average Bonchev–Trinajstić information content (AvgIpc) is 2.55. The van der Waals surface area contributed by atoms with Gasteiger partial charge in [0, 0.05) is 57.1 Å². The molecule has 1 N–H and O–H groups in total. The normalized spacial score (nSPS) is 16.1. The zero-order valence-electron chi connectivity index (χ0n) is 13.8. The highest BCUT2D eigenvalue weighted by atomic mass is 16.5. The molecule has 1 aliphatic rings. The van der Waals surface area contributed by atoms with Crippen LogP contribution in [0.4, 0.5) is 5.69 Å². The molecule has 0 saturated carbocycles. The van der Waals surface area contributed by atoms with Gasteiger partial charge in [0.2, 0.25) is 0 Å². The highest BCUT2D eigenvalue weighted by Gasteiger charge is 2.19. The van der Waals surface area contributed by atoms with E-state index in [-0.39, 0.29) is 5.91 Å². The molecule has 0 atom stereocenters. The Hall–Kier alpha value is -1.59. The van der Waals surface area contributed by atoms with Gasteiger partial charge in [0.05, 0.1) is 6.61 Å². The van der Waals surface area contributed by atoms with Gasteiger partial charge in [-0.3, -0.25) is 9.69 Å². The SMILES string of the molecule is COCCNC(=O)c1ccc(N2CCN(C(C)C)CC2)cc1. The first-order valence-electron chi connectivity index (χ1n) is 7.98. The van der Waals surface area contributed by atoms with Gasteiger partial charge >= 0.3 is 0 Å². The number of carbonyl (C=O) groups excluding carboxylic acids is 1. The second kappa shape index (κ2) is 8.15. The van der Waals surface area contributed by atoms with Crippen LogP contribution in [0, 0.1) is 0 Å². The van der Waals surface area contributed by atoms with Crippen LogP contribution >= 0.6 is 0 Å². The molecule has 0 spiro atoms. The minimum atomic E-state index is -0.0479. The maximum Gasteiger partial charge on any atom is 0.251 e. The van der Waals surface area contributed by atoms with Gasteiger partial charge in [-0.25, -0.2) is 0 Å². The van der Waals surface area contributed by atoms with Crippen LogP contribution in [-0.4, -0.2) is 63.3 Å². The lowest BCUT2D eigenvalue weighted by Crippen LogP contribution is -2.48. The summed E-state index contributed by atoms with van der Waals surface area (Å²) in [6.45, 7) is 9.82. The highest BCUT2D eigenvalue weighted by Crippen LogP contribution is 2.18. The predicted molar refractivity (Wildman–Crippen MR) is 89.6 cm³/mol. The number of methoxy groups -OCH3 is 1. The molecule has 0 bridgehead atoms. The van der Waals surface area contributed by atoms with Crippen molar-refractivity contribution in [1.82, 2.24) is 10.2 Å². The van der Waals surface area contributed by atoms with E-state index in [9.17, 15) is 4.79 Å². The lowest BCUT2D eigenvalue weighted by molar-refractivity contribution is 0.0937. The summed E-state index contributed by atoms with van der Waals surface area (Å²) in [6, 6.07) is 8.48. The number of piperazine rings is 1. The number of ether oxygens (including phenoxy) is 1. The molecule has 1 fully saturated rings. The van der Waals surface area contributed by atoms with Gasteiger partial charge in [-0.2, -0.15) is 0 Å². The molecular formula is C17H27N3O2. The summed E-state index contributed by atoms with van der Waals surface area (Å²) in [5.74, 6) is -0.0479. The van der Waals surface area contributed by atoms with Crippen molar-refractivity contribution in [3.05, 3.63) is 29.8 Å². The fourth-order valence-corrected chi connectivity index (χ4v) is 2.69. The van der Waals surface area contributed by atoms with Crippen LogP contribution in [-0.2, 0) is 4.74 Å². The lowest BCUT2D eigenvalue weighted by Gasteiger charge is -2.38. The van der Waals surface area contributed by atoms with Crippen molar-refractivity contribution < 1.29 is 9.53 Å². The predicted octanol–water partition coefficient (Wildman–Crippen LogP) is 1.59. The minimum absolute atomic E-state index is 0.0479. The van der Waals surface area contributed by atoms with Crippen molar-refractivity contribution in [2.45, 2.75) is 19.9 Å². The summed E-state index contributed by atoms with van der Waals surface area (Å²) in [5.41, 5.74) is 1.89. The molecule has 2 rings (SSSR count). The number of anilines is 1. The first-order chi connectivity index (χ1) is 10.6. The van der Waals surface area contributed by atoms with Gasteiger partial charge in [-0.1, -0.05) is 0 Å². The van der Waals surface area contributed by atoms with Crippen molar-refractivity contribution in [1.29, 1.82) is 0 Å². The third-order valence-corrected chi connectivity index (χ3v) is 4.13. The molecule has 1 aliphatic heterocycles. The van der Waals surface area contributed by atoms with Crippen molar-refractivity contribution in [2.24, 2.45) is 0 Å². The van der Waals surface area contributed by atoms with E-state index in [4.69, 9.17) is 4.74 Å². The van der Waals surface area contributed by atoms with Gasteiger partial charge in [0.25, 0.3) is 5.91 Å². The summed E-state index contributed by atoms with van der Waals surface area (Å²) in [7, 11) is 1.62. The Labute approximate surface area is 133 Å². The van der Waals surface area contributed by atoms with Crippen LogP contribution in [0.5, 0.6) is 0 Å². The second-order valence-corrected chi connectivity index (χ2v) is 5.91. The molecule has 5 heteroatoms. The van der Waals surface area contributed by atoms with Gasteiger partial charge in [0.1, 0.15) is 0 Å². The van der Waals surface area contributed by atoms with Crippen molar-refractivity contribution in [3.63, 3.8) is 0 Å². The van der Waals surface area contributed by atoms with Gasteiger partial charge in [-0.05, 0) is 38.1 Å². The summed E-state index contributed by atoms with van der Waals surface area (Å²) < 4.78 is 4.93. The van der Waals surface area contributed by atoms with E-state index in [2.05, 4.69) is 29.0 Å². The van der Waals surface area contributed by atoms with E-state index in [0.717, 1.165) is 26.2 Å². The van der Waals surface area contributed by atoms with E-state index in [0.29, 0.717) is 24.8 Å². The Kier molecular flexibility index (Phi) is 6.21. The summed E-state index contributed by atoms with van der Waals surface area (Å²) >= 11 is 0. The van der Waals surface area contributed by atoms with Gasteiger partial charge in [0.15, 0.2) is 0 Å². The monoisotopic (exact) mass is 305 g/mol. The van der Waals surface area contributed by atoms with Crippen molar-refractivity contribution in [3.8, 4) is 0 Å². The third kappa shape index (κ3) is 4.45. The molecule has 1 saturated heterocycles. The first-order valence-corrected chi connectivity index (χ1v) is 7.98. The molecule has 0 unspecified atom stereocenters. The standard InChI is InChI=1S/C17H27N3O2/c1-14(2)19-9-11-20(12-10-19)16-6-4-15(5-7-16)17(21)18-8-13-22-3/h4-7,14H,8-13H2,1-3H3,(H,18,21). The molecular weight excluding hydrogens is 278 g/mol. The molecule has 1 heterocycles. The molecule has 0 aliphatic carbocycles. The molecule has 0 radical (unpaired) electrons. The largest absolute Gasteiger partial charge is 0.383 e. The van der Waals surface area contributed by atoms with Crippen LogP contribution in [0.3, 0.4) is 0 Å². The fraction of sp³-hybridized carbons (Fsp3) is 0.588. The summed E-state index contributed by atoms with van der Waals surface area (Å²) in [4.78, 5) is 16.8.